The van der Waals surface area contributed by atoms with Crippen molar-refractivity contribution in [3.8, 4) is 6.07 Å². The van der Waals surface area contributed by atoms with Gasteiger partial charge >= 0.3 is 0 Å². The molecule has 0 saturated carbocycles. The number of halogens is 1. The number of benzene rings is 2. The molecule has 0 saturated heterocycles. The summed E-state index contributed by atoms with van der Waals surface area (Å²) in [6.45, 7) is 2.89. The van der Waals surface area contributed by atoms with Gasteiger partial charge in [0.1, 0.15) is 6.07 Å². The number of nitriles is 1. The Morgan fingerprint density at radius 1 is 1.16 bits per heavy atom. The van der Waals surface area contributed by atoms with Gasteiger partial charge in [-0.25, -0.2) is 0 Å². The third kappa shape index (κ3) is 3.27. The van der Waals surface area contributed by atoms with Crippen LogP contribution in [-0.4, -0.2) is 0 Å². The lowest BCUT2D eigenvalue weighted by atomic mass is 10.1. The fraction of sp³-hybridized carbons (Fsp3) is 0.188. The molecule has 2 aromatic rings. The third-order valence-electron chi connectivity index (χ3n) is 3.07. The van der Waals surface area contributed by atoms with E-state index in [1.54, 1.807) is 12.1 Å². The van der Waals surface area contributed by atoms with Crippen LogP contribution in [0.5, 0.6) is 0 Å². The molecule has 2 nitrogen and oxygen atoms in total. The molecule has 0 spiro atoms. The molecule has 0 unspecified atom stereocenters. The Balaban J connectivity index is 2.13. The lowest BCUT2D eigenvalue weighted by Crippen LogP contribution is -2.02. The van der Waals surface area contributed by atoms with Crippen molar-refractivity contribution in [2.45, 2.75) is 19.9 Å². The van der Waals surface area contributed by atoms with Gasteiger partial charge < -0.3 is 5.32 Å². The third-order valence-corrected chi connectivity index (χ3v) is 3.40. The van der Waals surface area contributed by atoms with Crippen LogP contribution in [0.2, 0.25) is 5.02 Å². The van der Waals surface area contributed by atoms with E-state index in [1.807, 2.05) is 12.1 Å². The van der Waals surface area contributed by atoms with Gasteiger partial charge in [0.2, 0.25) is 0 Å². The van der Waals surface area contributed by atoms with Gasteiger partial charge in [-0.05, 0) is 35.7 Å². The molecule has 2 aromatic carbocycles. The van der Waals surface area contributed by atoms with Crippen LogP contribution in [0.15, 0.2) is 42.5 Å². The van der Waals surface area contributed by atoms with Crippen molar-refractivity contribution in [1.29, 1.82) is 5.26 Å². The first-order chi connectivity index (χ1) is 9.24. The number of aryl methyl sites for hydroxylation is 1. The molecule has 1 N–H and O–H groups in total. The van der Waals surface area contributed by atoms with Gasteiger partial charge in [-0.2, -0.15) is 5.26 Å². The fourth-order valence-electron chi connectivity index (χ4n) is 1.99. The number of nitrogens with one attached hydrogen (secondary N) is 1. The zero-order chi connectivity index (χ0) is 13.7. The highest BCUT2D eigenvalue weighted by atomic mass is 35.5. The maximum Gasteiger partial charge on any atom is 0.101 e. The van der Waals surface area contributed by atoms with Crippen LogP contribution in [0.3, 0.4) is 0 Å². The molecular weight excluding hydrogens is 256 g/mol. The highest BCUT2D eigenvalue weighted by Crippen LogP contribution is 2.20. The molecule has 0 heterocycles. The van der Waals surface area contributed by atoms with Crippen LogP contribution in [0.25, 0.3) is 0 Å². The largest absolute Gasteiger partial charge is 0.381 e. The SMILES string of the molecule is CCc1ccccc1CNc1ccc(Cl)c(C#N)c1. The smallest absolute Gasteiger partial charge is 0.101 e. The monoisotopic (exact) mass is 270 g/mol. The zero-order valence-corrected chi connectivity index (χ0v) is 11.5. The van der Waals surface area contributed by atoms with Crippen LogP contribution in [0, 0.1) is 11.3 Å². The van der Waals surface area contributed by atoms with Gasteiger partial charge in [-0.3, -0.25) is 0 Å². The molecule has 0 amide bonds. The molecule has 0 aliphatic rings. The van der Waals surface area contributed by atoms with E-state index in [0.29, 0.717) is 10.6 Å². The molecule has 3 heteroatoms. The molecule has 19 heavy (non-hydrogen) atoms. The van der Waals surface area contributed by atoms with Crippen molar-refractivity contribution in [3.05, 3.63) is 64.2 Å². The van der Waals surface area contributed by atoms with Crippen molar-refractivity contribution in [3.63, 3.8) is 0 Å². The topological polar surface area (TPSA) is 35.8 Å². The first-order valence-corrected chi connectivity index (χ1v) is 6.62. The van der Waals surface area contributed by atoms with E-state index >= 15 is 0 Å². The Bertz CT molecular complexity index is 614. The van der Waals surface area contributed by atoms with E-state index in [2.05, 4.69) is 36.5 Å². The summed E-state index contributed by atoms with van der Waals surface area (Å²) >= 11 is 5.91. The number of hydrogen-bond acceptors (Lipinski definition) is 2. The number of nitrogens with zero attached hydrogens (tertiary/aromatic N) is 1. The normalized spacial score (nSPS) is 9.95. The van der Waals surface area contributed by atoms with Crippen LogP contribution >= 0.6 is 11.6 Å². The summed E-state index contributed by atoms with van der Waals surface area (Å²) in [5.74, 6) is 0. The Morgan fingerprint density at radius 3 is 2.58 bits per heavy atom. The minimum Gasteiger partial charge on any atom is -0.381 e. The average molecular weight is 271 g/mol. The fourth-order valence-corrected chi connectivity index (χ4v) is 2.15. The van der Waals surface area contributed by atoms with Gasteiger partial charge in [0, 0.05) is 12.2 Å². The first kappa shape index (κ1) is 13.5. The Hall–Kier alpha value is -1.98. The quantitative estimate of drug-likeness (QED) is 0.895. The predicted molar refractivity (Wildman–Crippen MR) is 79.3 cm³/mol. The van der Waals surface area contributed by atoms with E-state index in [9.17, 15) is 0 Å². The summed E-state index contributed by atoms with van der Waals surface area (Å²) < 4.78 is 0. The highest BCUT2D eigenvalue weighted by Gasteiger charge is 2.03. The van der Waals surface area contributed by atoms with Crippen LogP contribution < -0.4 is 5.32 Å². The Labute approximate surface area is 118 Å². The molecule has 0 aliphatic heterocycles. The second-order valence-corrected chi connectivity index (χ2v) is 4.69. The van der Waals surface area contributed by atoms with Gasteiger partial charge in [0.15, 0.2) is 0 Å². The van der Waals surface area contributed by atoms with Gasteiger partial charge in [0.05, 0.1) is 10.6 Å². The van der Waals surface area contributed by atoms with Crippen LogP contribution in [0.4, 0.5) is 5.69 Å². The van der Waals surface area contributed by atoms with Gasteiger partial charge in [0.25, 0.3) is 0 Å². The number of anilines is 1. The van der Waals surface area contributed by atoms with Crippen molar-refractivity contribution >= 4 is 17.3 Å². The molecule has 0 atom stereocenters. The maximum absolute atomic E-state index is 8.95. The lowest BCUT2D eigenvalue weighted by Gasteiger charge is -2.10. The molecule has 0 bridgehead atoms. The average Bonchev–Trinajstić information content (AvgIpc) is 2.46. The lowest BCUT2D eigenvalue weighted by molar-refractivity contribution is 1.04. The van der Waals surface area contributed by atoms with Crippen LogP contribution in [0.1, 0.15) is 23.6 Å². The summed E-state index contributed by atoms with van der Waals surface area (Å²) in [5.41, 5.74) is 4.02. The van der Waals surface area contributed by atoms with Gasteiger partial charge in [-0.15, -0.1) is 0 Å². The molecule has 2 rings (SSSR count). The van der Waals surface area contributed by atoms with Crippen molar-refractivity contribution in [2.24, 2.45) is 0 Å². The minimum atomic E-state index is 0.488. The highest BCUT2D eigenvalue weighted by molar-refractivity contribution is 6.31. The summed E-state index contributed by atoms with van der Waals surface area (Å²) in [6.07, 6.45) is 1.02. The van der Waals surface area contributed by atoms with E-state index in [-0.39, 0.29) is 0 Å². The summed E-state index contributed by atoms with van der Waals surface area (Å²) in [7, 11) is 0. The second-order valence-electron chi connectivity index (χ2n) is 4.28. The molecule has 0 fully saturated rings. The second kappa shape index (κ2) is 6.26. The standard InChI is InChI=1S/C16H15ClN2/c1-2-12-5-3-4-6-13(12)11-19-15-7-8-16(17)14(9-15)10-18/h3-9,19H,2,11H2,1H3. The number of hydrogen-bond donors (Lipinski definition) is 1. The Kier molecular flexibility index (Phi) is 4.43. The maximum atomic E-state index is 8.95. The molecular formula is C16H15ClN2. The van der Waals surface area contributed by atoms with E-state index in [4.69, 9.17) is 16.9 Å². The van der Waals surface area contributed by atoms with E-state index in [1.165, 1.54) is 11.1 Å². The van der Waals surface area contributed by atoms with E-state index < -0.39 is 0 Å². The van der Waals surface area contributed by atoms with Gasteiger partial charge in [-0.1, -0.05) is 42.8 Å². The predicted octanol–water partition coefficient (Wildman–Crippen LogP) is 4.39. The summed E-state index contributed by atoms with van der Waals surface area (Å²) in [5, 5.41) is 12.8. The molecule has 96 valence electrons. The van der Waals surface area contributed by atoms with Crippen molar-refractivity contribution in [2.75, 3.05) is 5.32 Å². The minimum absolute atomic E-state index is 0.488. The Morgan fingerprint density at radius 2 is 1.89 bits per heavy atom. The summed E-state index contributed by atoms with van der Waals surface area (Å²) in [4.78, 5) is 0. The molecule has 0 aliphatic carbocycles. The van der Waals surface area contributed by atoms with Crippen molar-refractivity contribution in [1.82, 2.24) is 0 Å². The molecule has 0 radical (unpaired) electrons. The zero-order valence-electron chi connectivity index (χ0n) is 10.8. The first-order valence-electron chi connectivity index (χ1n) is 6.25. The number of rotatable bonds is 4. The van der Waals surface area contributed by atoms with Crippen LogP contribution in [-0.2, 0) is 13.0 Å². The molecule has 0 aromatic heterocycles. The van der Waals surface area contributed by atoms with E-state index in [0.717, 1.165) is 18.7 Å². The summed E-state index contributed by atoms with van der Waals surface area (Å²) in [6, 6.07) is 15.8. The van der Waals surface area contributed by atoms with Crippen molar-refractivity contribution < 1.29 is 0 Å².